The lowest BCUT2D eigenvalue weighted by Crippen LogP contribution is -2.47. The largest absolute Gasteiger partial charge is 0.480 e. The van der Waals surface area contributed by atoms with E-state index in [1.54, 1.807) is 6.08 Å². The van der Waals surface area contributed by atoms with E-state index in [1.165, 1.54) is 4.90 Å². The van der Waals surface area contributed by atoms with E-state index in [-0.39, 0.29) is 11.8 Å². The average molecular weight is 376 g/mol. The van der Waals surface area contributed by atoms with Gasteiger partial charge in [-0.25, -0.2) is 4.79 Å². The summed E-state index contributed by atoms with van der Waals surface area (Å²) in [4.78, 5) is 26.1. The molecule has 25 heavy (non-hydrogen) atoms. The second-order valence-electron chi connectivity index (χ2n) is 6.02. The molecule has 0 saturated carbocycles. The molecule has 1 fully saturated rings. The predicted molar refractivity (Wildman–Crippen MR) is 106 cm³/mol. The van der Waals surface area contributed by atoms with Gasteiger partial charge in [0.15, 0.2) is 0 Å². The Morgan fingerprint density at radius 1 is 1.36 bits per heavy atom. The summed E-state index contributed by atoms with van der Waals surface area (Å²) < 4.78 is 0.302. The van der Waals surface area contributed by atoms with E-state index in [4.69, 9.17) is 12.2 Å². The highest BCUT2D eigenvalue weighted by molar-refractivity contribution is 8.26. The molecule has 132 valence electrons. The van der Waals surface area contributed by atoms with Crippen LogP contribution in [0.1, 0.15) is 32.8 Å². The zero-order valence-corrected chi connectivity index (χ0v) is 16.1. The third-order valence-electron chi connectivity index (χ3n) is 4.09. The zero-order chi connectivity index (χ0) is 18.6. The van der Waals surface area contributed by atoms with Gasteiger partial charge in [0, 0.05) is 0 Å². The number of hydrogen-bond donors (Lipinski definition) is 1. The monoisotopic (exact) mass is 375 g/mol. The maximum absolute atomic E-state index is 12.7. The fourth-order valence-electron chi connectivity index (χ4n) is 2.61. The van der Waals surface area contributed by atoms with Crippen LogP contribution in [0.5, 0.6) is 0 Å². The minimum atomic E-state index is -1.02. The first-order valence-electron chi connectivity index (χ1n) is 8.08. The molecule has 1 aromatic rings. The molecule has 1 amide bonds. The quantitative estimate of drug-likeness (QED) is 0.592. The average Bonchev–Trinajstić information content (AvgIpc) is 2.83. The maximum atomic E-state index is 12.7. The number of aliphatic carboxylic acids is 1. The van der Waals surface area contributed by atoms with Crippen molar-refractivity contribution in [2.45, 2.75) is 33.2 Å². The summed E-state index contributed by atoms with van der Waals surface area (Å²) in [7, 11) is 0. The van der Waals surface area contributed by atoms with E-state index in [1.807, 2.05) is 57.2 Å². The van der Waals surface area contributed by atoms with Gasteiger partial charge in [-0.2, -0.15) is 0 Å². The number of amides is 1. The van der Waals surface area contributed by atoms with Crippen molar-refractivity contribution >= 4 is 46.3 Å². The molecule has 1 saturated heterocycles. The summed E-state index contributed by atoms with van der Waals surface area (Å²) in [5, 5.41) is 9.54. The Balaban J connectivity index is 2.28. The number of rotatable bonds is 6. The number of thioether (sulfide) groups is 1. The van der Waals surface area contributed by atoms with Crippen LogP contribution < -0.4 is 0 Å². The smallest absolute Gasteiger partial charge is 0.327 e. The fraction of sp³-hybridized carbons (Fsp3) is 0.316. The second-order valence-corrected chi connectivity index (χ2v) is 7.70. The summed E-state index contributed by atoms with van der Waals surface area (Å²) in [6.07, 6.45) is 4.39. The molecule has 6 heteroatoms. The van der Waals surface area contributed by atoms with Crippen LogP contribution in [0.4, 0.5) is 0 Å². The molecule has 0 aliphatic carbocycles. The van der Waals surface area contributed by atoms with Gasteiger partial charge in [0.2, 0.25) is 0 Å². The Labute approximate surface area is 157 Å². The standard InChI is InChI=1S/C19H21NO3S2/c1-4-13(3)16(18(22)23)20-17(21)15(25-19(20)24)11-12(2)10-14-8-6-5-7-9-14/h5-11,13,16H,4H2,1-3H3,(H,22,23)/b12-10+,15-11-/t13-,16-/m0/s1. The normalized spacial score (nSPS) is 19.4. The van der Waals surface area contributed by atoms with Gasteiger partial charge in [0.1, 0.15) is 10.4 Å². The van der Waals surface area contributed by atoms with Gasteiger partial charge in [-0.15, -0.1) is 0 Å². The number of carbonyl (C=O) groups is 2. The summed E-state index contributed by atoms with van der Waals surface area (Å²) in [6.45, 7) is 5.63. The highest BCUT2D eigenvalue weighted by Gasteiger charge is 2.42. The van der Waals surface area contributed by atoms with Crippen molar-refractivity contribution in [3.8, 4) is 0 Å². The Morgan fingerprint density at radius 3 is 2.56 bits per heavy atom. The number of allylic oxidation sites excluding steroid dienone is 2. The minimum Gasteiger partial charge on any atom is -0.480 e. The summed E-state index contributed by atoms with van der Waals surface area (Å²) in [6, 6.07) is 8.86. The zero-order valence-electron chi connectivity index (χ0n) is 14.4. The van der Waals surface area contributed by atoms with Gasteiger partial charge in [0.05, 0.1) is 4.91 Å². The maximum Gasteiger partial charge on any atom is 0.327 e. The molecule has 1 aliphatic rings. The van der Waals surface area contributed by atoms with E-state index in [9.17, 15) is 14.7 Å². The summed E-state index contributed by atoms with van der Waals surface area (Å²) in [5.74, 6) is -1.53. The van der Waals surface area contributed by atoms with E-state index in [0.717, 1.165) is 22.9 Å². The Bertz CT molecular complexity index is 740. The van der Waals surface area contributed by atoms with Crippen LogP contribution in [0.3, 0.4) is 0 Å². The Morgan fingerprint density at radius 2 is 2.00 bits per heavy atom. The topological polar surface area (TPSA) is 57.6 Å². The van der Waals surface area contributed by atoms with Gasteiger partial charge in [-0.05, 0) is 30.1 Å². The lowest BCUT2D eigenvalue weighted by Gasteiger charge is -2.27. The first kappa shape index (κ1) is 19.4. The van der Waals surface area contributed by atoms with Crippen LogP contribution in [-0.2, 0) is 9.59 Å². The number of carboxylic acids is 1. The molecule has 1 N–H and O–H groups in total. The first-order valence-corrected chi connectivity index (χ1v) is 9.30. The number of thiocarbonyl (C=S) groups is 1. The molecule has 2 rings (SSSR count). The highest BCUT2D eigenvalue weighted by Crippen LogP contribution is 2.35. The van der Waals surface area contributed by atoms with Gasteiger partial charge in [0.25, 0.3) is 5.91 Å². The molecule has 0 aromatic heterocycles. The lowest BCUT2D eigenvalue weighted by atomic mass is 9.98. The van der Waals surface area contributed by atoms with E-state index in [0.29, 0.717) is 15.6 Å². The van der Waals surface area contributed by atoms with Crippen molar-refractivity contribution in [1.29, 1.82) is 0 Å². The molecule has 1 aliphatic heterocycles. The molecule has 2 atom stereocenters. The number of nitrogens with zero attached hydrogens (tertiary/aromatic N) is 1. The SMILES string of the molecule is CC[C@H](C)[C@@H](C(=O)O)N1C(=O)/C(=C/C(C)=C/c2ccccc2)SC1=S. The highest BCUT2D eigenvalue weighted by atomic mass is 32.2. The van der Waals surface area contributed by atoms with Crippen molar-refractivity contribution in [3.63, 3.8) is 0 Å². The van der Waals surface area contributed by atoms with Crippen LogP contribution in [0.15, 0.2) is 46.9 Å². The van der Waals surface area contributed by atoms with Gasteiger partial charge >= 0.3 is 5.97 Å². The van der Waals surface area contributed by atoms with Crippen molar-refractivity contribution in [2.24, 2.45) is 5.92 Å². The van der Waals surface area contributed by atoms with Crippen molar-refractivity contribution in [3.05, 3.63) is 52.4 Å². The van der Waals surface area contributed by atoms with Crippen molar-refractivity contribution in [1.82, 2.24) is 4.90 Å². The summed E-state index contributed by atoms with van der Waals surface area (Å²) >= 11 is 6.44. The number of benzene rings is 1. The number of carboxylic acid groups (broad SMARTS) is 1. The van der Waals surface area contributed by atoms with Crippen molar-refractivity contribution in [2.75, 3.05) is 0 Å². The van der Waals surface area contributed by atoms with Gasteiger partial charge < -0.3 is 5.11 Å². The van der Waals surface area contributed by atoms with E-state index < -0.39 is 12.0 Å². The molecular formula is C19H21NO3S2. The van der Waals surface area contributed by atoms with E-state index >= 15 is 0 Å². The fourth-order valence-corrected chi connectivity index (χ4v) is 3.99. The Hall–Kier alpha value is -1.92. The van der Waals surface area contributed by atoms with Crippen LogP contribution in [0.25, 0.3) is 6.08 Å². The molecule has 0 unspecified atom stereocenters. The van der Waals surface area contributed by atoms with Crippen LogP contribution >= 0.6 is 24.0 Å². The number of hydrogen-bond acceptors (Lipinski definition) is 4. The third kappa shape index (κ3) is 4.58. The van der Waals surface area contributed by atoms with Crippen molar-refractivity contribution < 1.29 is 14.7 Å². The molecular weight excluding hydrogens is 354 g/mol. The molecule has 0 spiro atoms. The van der Waals surface area contributed by atoms with E-state index in [2.05, 4.69) is 0 Å². The van der Waals surface area contributed by atoms with Crippen LogP contribution in [-0.4, -0.2) is 32.2 Å². The molecule has 0 radical (unpaired) electrons. The molecule has 4 nitrogen and oxygen atoms in total. The van der Waals surface area contributed by atoms with Gasteiger partial charge in [-0.1, -0.05) is 80.7 Å². The predicted octanol–water partition coefficient (Wildman–Crippen LogP) is 4.33. The lowest BCUT2D eigenvalue weighted by molar-refractivity contribution is -0.147. The minimum absolute atomic E-state index is 0.180. The molecule has 1 aromatic carbocycles. The summed E-state index contributed by atoms with van der Waals surface area (Å²) in [5.41, 5.74) is 1.94. The third-order valence-corrected chi connectivity index (χ3v) is 5.42. The van der Waals surface area contributed by atoms with Crippen LogP contribution in [0, 0.1) is 5.92 Å². The first-order chi connectivity index (χ1) is 11.8. The second kappa shape index (κ2) is 8.45. The number of carbonyl (C=O) groups excluding carboxylic acids is 1. The Kier molecular flexibility index (Phi) is 6.56. The van der Waals surface area contributed by atoms with Gasteiger partial charge in [-0.3, -0.25) is 9.69 Å². The molecule has 1 heterocycles. The molecule has 0 bridgehead atoms. The van der Waals surface area contributed by atoms with Crippen LogP contribution in [0.2, 0.25) is 0 Å².